The average molecular weight is 299 g/mol. The highest BCUT2D eigenvalue weighted by Crippen LogP contribution is 2.38. The molecule has 3 unspecified atom stereocenters. The van der Waals surface area contributed by atoms with Crippen molar-refractivity contribution in [3.63, 3.8) is 0 Å². The number of carbonyl (C=O) groups excluding carboxylic acids is 1. The summed E-state index contributed by atoms with van der Waals surface area (Å²) in [5.74, 6) is 0.180. The molecule has 0 heterocycles. The number of aliphatic hydroxyl groups excluding tert-OH is 1. The predicted octanol–water partition coefficient (Wildman–Crippen LogP) is 1.96. The van der Waals surface area contributed by atoms with E-state index < -0.39 is 6.10 Å². The monoisotopic (exact) mass is 299 g/mol. The minimum Gasteiger partial charge on any atom is -0.497 e. The van der Waals surface area contributed by atoms with E-state index in [9.17, 15) is 9.90 Å². The molecule has 1 aliphatic carbocycles. The Labute approximate surface area is 125 Å². The van der Waals surface area contributed by atoms with Gasteiger partial charge in [0.05, 0.1) is 12.0 Å². The lowest BCUT2D eigenvalue weighted by Crippen LogP contribution is -2.39. The summed E-state index contributed by atoms with van der Waals surface area (Å²) in [4.78, 5) is 12.9. The number of nitrogens with one attached hydrogen (secondary N) is 1. The van der Waals surface area contributed by atoms with E-state index in [2.05, 4.69) is 11.4 Å². The Morgan fingerprint density at radius 2 is 2.20 bits per heavy atom. The molecule has 0 aromatic carbocycles. The summed E-state index contributed by atoms with van der Waals surface area (Å²) >= 11 is 1.35. The average Bonchev–Trinajstić information content (AvgIpc) is 2.42. The number of allylic oxidation sites excluding steroid dienone is 2. The molecule has 0 fully saturated rings. The molecule has 1 aliphatic rings. The van der Waals surface area contributed by atoms with Gasteiger partial charge in [-0.2, -0.15) is 0 Å². The van der Waals surface area contributed by atoms with E-state index >= 15 is 0 Å². The van der Waals surface area contributed by atoms with Crippen molar-refractivity contribution in [3.8, 4) is 0 Å². The SMILES string of the molecule is CNCC(C)=CCC1C(C)C(=O)C(SC)=C(OC)C1O. The van der Waals surface area contributed by atoms with Gasteiger partial charge in [-0.25, -0.2) is 0 Å². The third-order valence-electron chi connectivity index (χ3n) is 3.80. The van der Waals surface area contributed by atoms with Gasteiger partial charge in [-0.15, -0.1) is 11.8 Å². The highest BCUT2D eigenvalue weighted by molar-refractivity contribution is 8.03. The summed E-state index contributed by atoms with van der Waals surface area (Å²) in [6.07, 6.45) is 3.89. The zero-order valence-corrected chi connectivity index (χ0v) is 13.7. The Hall–Kier alpha value is -0.780. The van der Waals surface area contributed by atoms with Crippen molar-refractivity contribution in [1.82, 2.24) is 5.32 Å². The summed E-state index contributed by atoms with van der Waals surface area (Å²) in [5, 5.41) is 13.6. The molecule has 3 atom stereocenters. The van der Waals surface area contributed by atoms with Crippen molar-refractivity contribution >= 4 is 17.5 Å². The molecule has 0 spiro atoms. The van der Waals surface area contributed by atoms with E-state index in [1.807, 2.05) is 27.2 Å². The maximum absolute atomic E-state index is 12.3. The summed E-state index contributed by atoms with van der Waals surface area (Å²) in [7, 11) is 3.41. The van der Waals surface area contributed by atoms with E-state index in [1.165, 1.54) is 24.4 Å². The van der Waals surface area contributed by atoms with E-state index in [0.717, 1.165) is 6.54 Å². The largest absolute Gasteiger partial charge is 0.497 e. The quantitative estimate of drug-likeness (QED) is 0.734. The van der Waals surface area contributed by atoms with E-state index in [0.29, 0.717) is 17.1 Å². The Balaban J connectivity index is 2.97. The van der Waals surface area contributed by atoms with Crippen LogP contribution in [-0.4, -0.2) is 44.0 Å². The molecule has 0 aromatic heterocycles. The first kappa shape index (κ1) is 17.3. The minimum absolute atomic E-state index is 0.0734. The smallest absolute Gasteiger partial charge is 0.175 e. The lowest BCUT2D eigenvalue weighted by molar-refractivity contribution is -0.123. The molecule has 0 aliphatic heterocycles. The normalized spacial score (nSPS) is 28.0. The van der Waals surface area contributed by atoms with Crippen molar-refractivity contribution in [2.45, 2.75) is 26.4 Å². The summed E-state index contributed by atoms with van der Waals surface area (Å²) in [6.45, 7) is 4.74. The molecule has 4 nitrogen and oxygen atoms in total. The molecule has 0 radical (unpaired) electrons. The molecule has 1 rings (SSSR count). The molecule has 0 amide bonds. The lowest BCUT2D eigenvalue weighted by Gasteiger charge is -2.34. The van der Waals surface area contributed by atoms with Crippen molar-refractivity contribution in [3.05, 3.63) is 22.3 Å². The molecule has 0 aromatic rings. The van der Waals surface area contributed by atoms with Crippen LogP contribution in [0.25, 0.3) is 0 Å². The highest BCUT2D eigenvalue weighted by Gasteiger charge is 2.40. The van der Waals surface area contributed by atoms with Gasteiger partial charge in [0.15, 0.2) is 5.78 Å². The summed E-state index contributed by atoms with van der Waals surface area (Å²) in [5.41, 5.74) is 1.21. The number of Topliss-reactive ketones (excluding diaryl/α,β-unsaturated/α-hetero) is 1. The second kappa shape index (κ2) is 7.86. The Morgan fingerprint density at radius 1 is 1.55 bits per heavy atom. The molecule has 5 heteroatoms. The van der Waals surface area contributed by atoms with Crippen LogP contribution >= 0.6 is 11.8 Å². The number of ketones is 1. The maximum atomic E-state index is 12.3. The number of rotatable bonds is 6. The lowest BCUT2D eigenvalue weighted by atomic mass is 9.78. The topological polar surface area (TPSA) is 58.6 Å². The predicted molar refractivity (Wildman–Crippen MR) is 83.5 cm³/mol. The Bertz CT molecular complexity index is 417. The third kappa shape index (κ3) is 3.65. The molecular weight excluding hydrogens is 274 g/mol. The summed E-state index contributed by atoms with van der Waals surface area (Å²) in [6, 6.07) is 0. The van der Waals surface area contributed by atoms with Gasteiger partial charge in [0, 0.05) is 18.4 Å². The molecule has 20 heavy (non-hydrogen) atoms. The zero-order chi connectivity index (χ0) is 15.3. The van der Waals surface area contributed by atoms with Crippen molar-refractivity contribution in [2.75, 3.05) is 27.0 Å². The van der Waals surface area contributed by atoms with Gasteiger partial charge in [-0.1, -0.05) is 18.6 Å². The molecule has 2 N–H and O–H groups in total. The number of hydrogen-bond donors (Lipinski definition) is 2. The fourth-order valence-corrected chi connectivity index (χ4v) is 3.35. The number of methoxy groups -OCH3 is 1. The molecule has 0 saturated heterocycles. The van der Waals surface area contributed by atoms with Crippen molar-refractivity contribution in [1.29, 1.82) is 0 Å². The second-order valence-electron chi connectivity index (χ2n) is 5.18. The number of hydrogen-bond acceptors (Lipinski definition) is 5. The van der Waals surface area contributed by atoms with Gasteiger partial charge < -0.3 is 15.2 Å². The maximum Gasteiger partial charge on any atom is 0.175 e. The third-order valence-corrected chi connectivity index (χ3v) is 4.61. The standard InChI is InChI=1S/C15H25NO3S/c1-9(8-16-3)6-7-11-10(2)12(17)15(20-5)14(19-4)13(11)18/h6,10-11,13,16,18H,7-8H2,1-5H3. The molecule has 114 valence electrons. The number of ether oxygens (including phenoxy) is 1. The first-order chi connectivity index (χ1) is 9.47. The minimum atomic E-state index is -0.714. The van der Waals surface area contributed by atoms with Gasteiger partial charge >= 0.3 is 0 Å². The number of thioether (sulfide) groups is 1. The van der Waals surface area contributed by atoms with Gasteiger partial charge in [0.1, 0.15) is 11.9 Å². The molecule has 0 saturated carbocycles. The van der Waals surface area contributed by atoms with Crippen LogP contribution in [0.2, 0.25) is 0 Å². The van der Waals surface area contributed by atoms with Crippen molar-refractivity contribution < 1.29 is 14.6 Å². The van der Waals surface area contributed by atoms with E-state index in [4.69, 9.17) is 4.74 Å². The van der Waals surface area contributed by atoms with Crippen LogP contribution in [0.3, 0.4) is 0 Å². The van der Waals surface area contributed by atoms with Crippen LogP contribution in [0.1, 0.15) is 20.3 Å². The van der Waals surface area contributed by atoms with Crippen molar-refractivity contribution in [2.24, 2.45) is 11.8 Å². The van der Waals surface area contributed by atoms with Crippen LogP contribution in [0.15, 0.2) is 22.3 Å². The number of likely N-dealkylation sites (N-methyl/N-ethyl adjacent to an activating group) is 1. The molecule has 0 bridgehead atoms. The van der Waals surface area contributed by atoms with Gasteiger partial charge in [0.25, 0.3) is 0 Å². The Kier molecular flexibility index (Phi) is 6.79. The highest BCUT2D eigenvalue weighted by atomic mass is 32.2. The zero-order valence-electron chi connectivity index (χ0n) is 12.9. The molecular formula is C15H25NO3S. The fourth-order valence-electron chi connectivity index (χ4n) is 2.56. The first-order valence-electron chi connectivity index (χ1n) is 6.82. The van der Waals surface area contributed by atoms with Crippen LogP contribution in [0.4, 0.5) is 0 Å². The van der Waals surface area contributed by atoms with Crippen LogP contribution in [0, 0.1) is 11.8 Å². The number of carbonyl (C=O) groups is 1. The first-order valence-corrected chi connectivity index (χ1v) is 8.05. The van der Waals surface area contributed by atoms with Gasteiger partial charge in [-0.05, 0) is 26.6 Å². The fraction of sp³-hybridized carbons (Fsp3) is 0.667. The second-order valence-corrected chi connectivity index (χ2v) is 6.00. The van der Waals surface area contributed by atoms with Crippen LogP contribution in [0.5, 0.6) is 0 Å². The van der Waals surface area contributed by atoms with E-state index in [1.54, 1.807) is 0 Å². The van der Waals surface area contributed by atoms with Gasteiger partial charge in [-0.3, -0.25) is 4.79 Å². The van der Waals surface area contributed by atoms with Crippen LogP contribution in [-0.2, 0) is 9.53 Å². The van der Waals surface area contributed by atoms with Gasteiger partial charge in [0.2, 0.25) is 0 Å². The Morgan fingerprint density at radius 3 is 2.70 bits per heavy atom. The van der Waals surface area contributed by atoms with E-state index in [-0.39, 0.29) is 17.6 Å². The number of aliphatic hydroxyl groups is 1. The summed E-state index contributed by atoms with van der Waals surface area (Å²) < 4.78 is 5.27. The van der Waals surface area contributed by atoms with Crippen LogP contribution < -0.4 is 5.32 Å².